The Balaban J connectivity index is 1.84. The molecule has 0 spiro atoms. The molecule has 16 heavy (non-hydrogen) atoms. The van der Waals surface area contributed by atoms with Gasteiger partial charge in [0.1, 0.15) is 0 Å². The first-order valence-corrected chi connectivity index (χ1v) is 8.04. The minimum absolute atomic E-state index is 0.340. The first kappa shape index (κ1) is 12.7. The van der Waals surface area contributed by atoms with Crippen LogP contribution in [0.1, 0.15) is 39.5 Å². The van der Waals surface area contributed by atoms with Crippen LogP contribution in [0.25, 0.3) is 0 Å². The van der Waals surface area contributed by atoms with E-state index >= 15 is 0 Å². The number of hydrogen-bond donors (Lipinski definition) is 1. The van der Waals surface area contributed by atoms with Crippen LogP contribution >= 0.6 is 22.6 Å². The van der Waals surface area contributed by atoms with Gasteiger partial charge in [0.2, 0.25) is 5.91 Å². The van der Waals surface area contributed by atoms with Crippen LogP contribution in [0.5, 0.6) is 0 Å². The summed E-state index contributed by atoms with van der Waals surface area (Å²) in [5.41, 5.74) is 0. The van der Waals surface area contributed by atoms with Crippen LogP contribution in [0, 0.1) is 23.7 Å². The lowest BCUT2D eigenvalue weighted by atomic mass is 10.0. The zero-order valence-corrected chi connectivity index (χ0v) is 12.4. The smallest absolute Gasteiger partial charge is 0.223 e. The summed E-state index contributed by atoms with van der Waals surface area (Å²) >= 11 is 2.37. The van der Waals surface area contributed by atoms with Crippen molar-refractivity contribution in [3.63, 3.8) is 0 Å². The fraction of sp³-hybridized carbons (Fsp3) is 0.923. The highest BCUT2D eigenvalue weighted by Gasteiger charge is 2.54. The van der Waals surface area contributed by atoms with E-state index in [0.717, 1.165) is 16.3 Å². The van der Waals surface area contributed by atoms with Crippen LogP contribution in [-0.4, -0.2) is 16.4 Å². The Bertz CT molecular complexity index is 255. The Hall–Kier alpha value is 0.200. The Morgan fingerprint density at radius 2 is 1.88 bits per heavy atom. The normalized spacial score (nSPS) is 34.4. The van der Waals surface area contributed by atoms with E-state index in [-0.39, 0.29) is 0 Å². The number of alkyl halides is 1. The molecule has 0 radical (unpaired) electrons. The van der Waals surface area contributed by atoms with Gasteiger partial charge in [0.05, 0.1) is 0 Å². The lowest BCUT2D eigenvalue weighted by molar-refractivity contribution is -0.123. The van der Waals surface area contributed by atoms with E-state index in [1.165, 1.54) is 25.7 Å². The molecule has 3 heteroatoms. The third kappa shape index (κ3) is 2.54. The fourth-order valence-corrected chi connectivity index (χ4v) is 4.28. The predicted octanol–water partition coefficient (Wildman–Crippen LogP) is 3.00. The Labute approximate surface area is 112 Å². The fourth-order valence-electron chi connectivity index (χ4n) is 3.04. The van der Waals surface area contributed by atoms with Gasteiger partial charge in [-0.1, -0.05) is 49.3 Å². The second-order valence-electron chi connectivity index (χ2n) is 5.65. The lowest BCUT2D eigenvalue weighted by Gasteiger charge is -2.20. The number of rotatable bonds is 4. The van der Waals surface area contributed by atoms with Gasteiger partial charge in [0.15, 0.2) is 0 Å². The van der Waals surface area contributed by atoms with Crippen molar-refractivity contribution < 1.29 is 4.79 Å². The molecule has 0 aromatic rings. The summed E-state index contributed by atoms with van der Waals surface area (Å²) in [4.78, 5) is 12.1. The maximum Gasteiger partial charge on any atom is 0.223 e. The van der Waals surface area contributed by atoms with Crippen LogP contribution in [0.2, 0.25) is 0 Å². The summed E-state index contributed by atoms with van der Waals surface area (Å²) < 4.78 is 1.02. The molecule has 0 heterocycles. The molecule has 92 valence electrons. The quantitative estimate of drug-likeness (QED) is 0.621. The molecule has 2 aliphatic rings. The van der Waals surface area contributed by atoms with Crippen LogP contribution in [-0.2, 0) is 4.79 Å². The number of amides is 1. The largest absolute Gasteiger partial charge is 0.352 e. The Morgan fingerprint density at radius 3 is 2.31 bits per heavy atom. The topological polar surface area (TPSA) is 29.1 Å². The van der Waals surface area contributed by atoms with E-state index in [4.69, 9.17) is 0 Å². The molecule has 3 unspecified atom stereocenters. The molecule has 0 aliphatic heterocycles. The molecule has 2 rings (SSSR count). The second kappa shape index (κ2) is 5.23. The average molecular weight is 335 g/mol. The average Bonchev–Trinajstić information content (AvgIpc) is 2.99. The van der Waals surface area contributed by atoms with Crippen molar-refractivity contribution in [1.82, 2.24) is 5.32 Å². The molecule has 2 nitrogen and oxygen atoms in total. The van der Waals surface area contributed by atoms with Crippen LogP contribution in [0.4, 0.5) is 0 Å². The molecule has 0 aromatic carbocycles. The van der Waals surface area contributed by atoms with E-state index in [1.807, 2.05) is 0 Å². The first-order valence-electron chi connectivity index (χ1n) is 6.51. The van der Waals surface area contributed by atoms with Crippen molar-refractivity contribution >= 4 is 28.5 Å². The summed E-state index contributed by atoms with van der Waals surface area (Å²) in [5, 5.41) is 3.24. The minimum Gasteiger partial charge on any atom is -0.352 e. The highest BCUT2D eigenvalue weighted by Crippen LogP contribution is 2.55. The van der Waals surface area contributed by atoms with Crippen molar-refractivity contribution in [1.29, 1.82) is 0 Å². The molecule has 1 amide bonds. The Kier molecular flexibility index (Phi) is 4.14. The van der Waals surface area contributed by atoms with Gasteiger partial charge < -0.3 is 5.32 Å². The molecule has 3 atom stereocenters. The van der Waals surface area contributed by atoms with Crippen molar-refractivity contribution in [2.24, 2.45) is 23.7 Å². The predicted molar refractivity (Wildman–Crippen MR) is 74.6 cm³/mol. The molecule has 2 aliphatic carbocycles. The monoisotopic (exact) mass is 335 g/mol. The summed E-state index contributed by atoms with van der Waals surface area (Å²) in [5.74, 6) is 2.71. The highest BCUT2D eigenvalue weighted by atomic mass is 127. The van der Waals surface area contributed by atoms with Gasteiger partial charge in [0.25, 0.3) is 0 Å². The van der Waals surface area contributed by atoms with Gasteiger partial charge in [-0.3, -0.25) is 4.79 Å². The summed E-state index contributed by atoms with van der Waals surface area (Å²) in [6, 6.07) is 0.357. The molecular formula is C13H22INO. The van der Waals surface area contributed by atoms with E-state index in [1.54, 1.807) is 0 Å². The van der Waals surface area contributed by atoms with Gasteiger partial charge in [-0.05, 0) is 30.6 Å². The molecule has 1 N–H and O–H groups in total. The van der Waals surface area contributed by atoms with Gasteiger partial charge in [-0.25, -0.2) is 0 Å². The molecular weight excluding hydrogens is 313 g/mol. The minimum atomic E-state index is 0.340. The molecule has 0 aromatic heterocycles. The highest BCUT2D eigenvalue weighted by molar-refractivity contribution is 14.1. The van der Waals surface area contributed by atoms with Gasteiger partial charge >= 0.3 is 0 Å². The number of hydrogen-bond acceptors (Lipinski definition) is 1. The van der Waals surface area contributed by atoms with E-state index in [2.05, 4.69) is 41.8 Å². The van der Waals surface area contributed by atoms with Crippen molar-refractivity contribution in [2.75, 3.05) is 4.43 Å². The van der Waals surface area contributed by atoms with Crippen LogP contribution in [0.3, 0.4) is 0 Å². The van der Waals surface area contributed by atoms with Gasteiger partial charge in [-0.15, -0.1) is 0 Å². The summed E-state index contributed by atoms with van der Waals surface area (Å²) in [7, 11) is 0. The SMILES string of the molecule is CC(C)C(CI)NC(=O)C1C2CCCCC21. The van der Waals surface area contributed by atoms with E-state index in [0.29, 0.717) is 23.8 Å². The maximum absolute atomic E-state index is 12.1. The van der Waals surface area contributed by atoms with E-state index in [9.17, 15) is 4.79 Å². The van der Waals surface area contributed by atoms with Gasteiger partial charge in [-0.2, -0.15) is 0 Å². The molecule has 2 fully saturated rings. The number of halogens is 1. The van der Waals surface area contributed by atoms with Crippen molar-refractivity contribution in [3.8, 4) is 0 Å². The molecule has 2 saturated carbocycles. The second-order valence-corrected chi connectivity index (χ2v) is 6.53. The zero-order valence-electron chi connectivity index (χ0n) is 10.2. The van der Waals surface area contributed by atoms with E-state index < -0.39 is 0 Å². The first-order chi connectivity index (χ1) is 7.65. The number of carbonyl (C=O) groups excluding carboxylic acids is 1. The number of fused-ring (bicyclic) bond motifs is 1. The third-order valence-electron chi connectivity index (χ3n) is 4.26. The number of carbonyl (C=O) groups is 1. The summed E-state index contributed by atoms with van der Waals surface area (Å²) in [6.45, 7) is 4.37. The zero-order chi connectivity index (χ0) is 11.7. The standard InChI is InChI=1S/C13H22INO/c1-8(2)11(7-14)15-13(16)12-9-5-3-4-6-10(9)12/h8-12H,3-7H2,1-2H3,(H,15,16). The third-order valence-corrected chi connectivity index (χ3v) is 5.21. The lowest BCUT2D eigenvalue weighted by Crippen LogP contribution is -2.41. The van der Waals surface area contributed by atoms with Crippen LogP contribution < -0.4 is 5.32 Å². The summed E-state index contributed by atoms with van der Waals surface area (Å²) in [6.07, 6.45) is 5.26. The van der Waals surface area contributed by atoms with Crippen LogP contribution in [0.15, 0.2) is 0 Å². The molecule has 0 saturated heterocycles. The van der Waals surface area contributed by atoms with Gasteiger partial charge in [0, 0.05) is 16.4 Å². The maximum atomic E-state index is 12.1. The van der Waals surface area contributed by atoms with Crippen molar-refractivity contribution in [2.45, 2.75) is 45.6 Å². The molecule has 0 bridgehead atoms. The number of nitrogens with one attached hydrogen (secondary N) is 1. The Morgan fingerprint density at radius 1 is 1.31 bits per heavy atom. The van der Waals surface area contributed by atoms with Crippen molar-refractivity contribution in [3.05, 3.63) is 0 Å².